The lowest BCUT2D eigenvalue weighted by atomic mass is 10.2. The first-order chi connectivity index (χ1) is 6.81. The Labute approximate surface area is 87.2 Å². The van der Waals surface area contributed by atoms with Gasteiger partial charge in [-0.15, -0.1) is 11.3 Å². The van der Waals surface area contributed by atoms with Crippen molar-refractivity contribution in [1.29, 1.82) is 0 Å². The number of aryl methyl sites for hydroxylation is 1. The van der Waals surface area contributed by atoms with Gasteiger partial charge in [-0.05, 0) is 25.0 Å². The van der Waals surface area contributed by atoms with E-state index in [1.165, 1.54) is 12.8 Å². The van der Waals surface area contributed by atoms with E-state index in [4.69, 9.17) is 0 Å². The molecule has 1 N–H and O–H groups in total. The minimum Gasteiger partial charge on any atom is -0.506 e. The fourth-order valence-corrected chi connectivity index (χ4v) is 2.43. The number of phenolic OH excluding ortho intramolecular Hbond substituents is 1. The molecular formula is C11H13NOS. The maximum Gasteiger partial charge on any atom is 0.135 e. The highest BCUT2D eigenvalue weighted by Crippen LogP contribution is 2.30. The zero-order chi connectivity index (χ0) is 9.97. The van der Waals surface area contributed by atoms with Gasteiger partial charge in [0.15, 0.2) is 0 Å². The number of thiazole rings is 1. The monoisotopic (exact) mass is 207 g/mol. The van der Waals surface area contributed by atoms with Crippen LogP contribution in [0, 0.1) is 0 Å². The number of unbranched alkanes of at least 4 members (excludes halogenated alkanes) is 1. The highest BCUT2D eigenvalue weighted by atomic mass is 32.1. The SMILES string of the molecule is CCCCc1nc2cccc(O)c2s1. The van der Waals surface area contributed by atoms with Crippen molar-refractivity contribution in [2.75, 3.05) is 0 Å². The molecule has 0 aliphatic rings. The molecule has 0 bridgehead atoms. The summed E-state index contributed by atoms with van der Waals surface area (Å²) >= 11 is 1.60. The first-order valence-electron chi connectivity index (χ1n) is 4.88. The molecule has 0 atom stereocenters. The van der Waals surface area contributed by atoms with Crippen LogP contribution >= 0.6 is 11.3 Å². The highest BCUT2D eigenvalue weighted by Gasteiger charge is 2.06. The summed E-state index contributed by atoms with van der Waals surface area (Å²) in [6, 6.07) is 5.49. The lowest BCUT2D eigenvalue weighted by molar-refractivity contribution is 0.482. The summed E-state index contributed by atoms with van der Waals surface area (Å²) in [7, 11) is 0. The van der Waals surface area contributed by atoms with Crippen molar-refractivity contribution in [2.24, 2.45) is 0 Å². The van der Waals surface area contributed by atoms with Gasteiger partial charge in [0.2, 0.25) is 0 Å². The molecule has 0 radical (unpaired) electrons. The van der Waals surface area contributed by atoms with Crippen molar-refractivity contribution in [3.05, 3.63) is 23.2 Å². The van der Waals surface area contributed by atoms with Crippen LogP contribution in [0.3, 0.4) is 0 Å². The van der Waals surface area contributed by atoms with Crippen LogP contribution in [0.4, 0.5) is 0 Å². The Kier molecular flexibility index (Phi) is 2.68. The van der Waals surface area contributed by atoms with Gasteiger partial charge in [-0.25, -0.2) is 4.98 Å². The molecule has 0 fully saturated rings. The zero-order valence-corrected chi connectivity index (χ0v) is 8.97. The van der Waals surface area contributed by atoms with E-state index in [-0.39, 0.29) is 0 Å². The topological polar surface area (TPSA) is 33.1 Å². The molecular weight excluding hydrogens is 194 g/mol. The van der Waals surface area contributed by atoms with Crippen LogP contribution in [0.25, 0.3) is 10.2 Å². The van der Waals surface area contributed by atoms with Crippen LogP contribution in [0.15, 0.2) is 18.2 Å². The molecule has 2 aromatic rings. The van der Waals surface area contributed by atoms with Gasteiger partial charge >= 0.3 is 0 Å². The van der Waals surface area contributed by atoms with Gasteiger partial charge in [-0.3, -0.25) is 0 Å². The number of benzene rings is 1. The second-order valence-electron chi connectivity index (χ2n) is 3.34. The summed E-state index contributed by atoms with van der Waals surface area (Å²) in [4.78, 5) is 4.47. The second-order valence-corrected chi connectivity index (χ2v) is 4.42. The summed E-state index contributed by atoms with van der Waals surface area (Å²) in [5.74, 6) is 0.350. The summed E-state index contributed by atoms with van der Waals surface area (Å²) in [5, 5.41) is 10.7. The fourth-order valence-electron chi connectivity index (χ4n) is 1.42. The van der Waals surface area contributed by atoms with Crippen LogP contribution in [0.2, 0.25) is 0 Å². The lowest BCUT2D eigenvalue weighted by Crippen LogP contribution is -1.80. The van der Waals surface area contributed by atoms with Crippen LogP contribution in [0.1, 0.15) is 24.8 Å². The first kappa shape index (κ1) is 9.46. The fraction of sp³-hybridized carbons (Fsp3) is 0.364. The van der Waals surface area contributed by atoms with Crippen molar-refractivity contribution < 1.29 is 5.11 Å². The molecule has 3 heteroatoms. The first-order valence-corrected chi connectivity index (χ1v) is 5.70. The quantitative estimate of drug-likeness (QED) is 0.837. The van der Waals surface area contributed by atoms with E-state index in [1.807, 2.05) is 12.1 Å². The highest BCUT2D eigenvalue weighted by molar-refractivity contribution is 7.19. The Morgan fingerprint density at radius 3 is 3.00 bits per heavy atom. The number of aromatic hydroxyl groups is 1. The molecule has 2 nitrogen and oxygen atoms in total. The molecule has 74 valence electrons. The molecule has 0 saturated heterocycles. The third kappa shape index (κ3) is 1.73. The smallest absolute Gasteiger partial charge is 0.135 e. The van der Waals surface area contributed by atoms with Gasteiger partial charge in [-0.2, -0.15) is 0 Å². The second kappa shape index (κ2) is 3.96. The van der Waals surface area contributed by atoms with Gasteiger partial charge in [0, 0.05) is 0 Å². The Hall–Kier alpha value is -1.09. The summed E-state index contributed by atoms with van der Waals surface area (Å²) in [6.45, 7) is 2.17. The summed E-state index contributed by atoms with van der Waals surface area (Å²) in [6.07, 6.45) is 3.37. The van der Waals surface area contributed by atoms with Crippen molar-refractivity contribution >= 4 is 21.6 Å². The number of fused-ring (bicyclic) bond motifs is 1. The van der Waals surface area contributed by atoms with E-state index in [2.05, 4.69) is 11.9 Å². The number of rotatable bonds is 3. The van der Waals surface area contributed by atoms with Crippen molar-refractivity contribution in [3.8, 4) is 5.75 Å². The van der Waals surface area contributed by atoms with Gasteiger partial charge in [-0.1, -0.05) is 19.4 Å². The molecule has 0 aliphatic carbocycles. The third-order valence-corrected chi connectivity index (χ3v) is 3.34. The number of nitrogens with zero attached hydrogens (tertiary/aromatic N) is 1. The average molecular weight is 207 g/mol. The van der Waals surface area contributed by atoms with Gasteiger partial charge in [0.1, 0.15) is 5.75 Å². The third-order valence-electron chi connectivity index (χ3n) is 2.18. The van der Waals surface area contributed by atoms with Crippen LogP contribution in [-0.4, -0.2) is 10.1 Å². The number of aromatic nitrogens is 1. The molecule has 0 aliphatic heterocycles. The standard InChI is InChI=1S/C11H13NOS/c1-2-3-7-10-12-8-5-4-6-9(13)11(8)14-10/h4-6,13H,2-3,7H2,1H3. The lowest BCUT2D eigenvalue weighted by Gasteiger charge is -1.89. The van der Waals surface area contributed by atoms with Crippen molar-refractivity contribution in [1.82, 2.24) is 4.98 Å². The molecule has 0 spiro atoms. The van der Waals surface area contributed by atoms with E-state index in [9.17, 15) is 5.11 Å². The number of phenols is 1. The maximum absolute atomic E-state index is 9.58. The average Bonchev–Trinajstić information content (AvgIpc) is 2.59. The van der Waals surface area contributed by atoms with E-state index >= 15 is 0 Å². The van der Waals surface area contributed by atoms with Crippen molar-refractivity contribution in [2.45, 2.75) is 26.2 Å². The summed E-state index contributed by atoms with van der Waals surface area (Å²) in [5.41, 5.74) is 0.918. The van der Waals surface area contributed by atoms with Gasteiger partial charge in [0.25, 0.3) is 0 Å². The van der Waals surface area contributed by atoms with Crippen LogP contribution in [0.5, 0.6) is 5.75 Å². The van der Waals surface area contributed by atoms with E-state index in [0.29, 0.717) is 5.75 Å². The minimum atomic E-state index is 0.350. The Balaban J connectivity index is 2.36. The predicted octanol–water partition coefficient (Wildman–Crippen LogP) is 3.34. The van der Waals surface area contributed by atoms with Crippen molar-refractivity contribution in [3.63, 3.8) is 0 Å². The minimum absolute atomic E-state index is 0.350. The molecule has 1 heterocycles. The van der Waals surface area contributed by atoms with Crippen LogP contribution in [-0.2, 0) is 6.42 Å². The molecule has 0 amide bonds. The Bertz CT molecular complexity index is 436. The molecule has 2 rings (SSSR count). The van der Waals surface area contributed by atoms with E-state index < -0.39 is 0 Å². The maximum atomic E-state index is 9.58. The normalized spacial score (nSPS) is 10.9. The molecule has 1 aromatic carbocycles. The zero-order valence-electron chi connectivity index (χ0n) is 8.16. The molecule has 0 saturated carbocycles. The summed E-state index contributed by atoms with van der Waals surface area (Å²) < 4.78 is 0.915. The Morgan fingerprint density at radius 1 is 1.43 bits per heavy atom. The Morgan fingerprint density at radius 2 is 2.29 bits per heavy atom. The molecule has 14 heavy (non-hydrogen) atoms. The van der Waals surface area contributed by atoms with E-state index in [0.717, 1.165) is 21.6 Å². The largest absolute Gasteiger partial charge is 0.506 e. The predicted molar refractivity (Wildman–Crippen MR) is 59.9 cm³/mol. The van der Waals surface area contributed by atoms with Crippen LogP contribution < -0.4 is 0 Å². The number of hydrogen-bond donors (Lipinski definition) is 1. The van der Waals surface area contributed by atoms with Gasteiger partial charge < -0.3 is 5.11 Å². The molecule has 0 unspecified atom stereocenters. The molecule has 1 aromatic heterocycles. The number of hydrogen-bond acceptors (Lipinski definition) is 3. The van der Waals surface area contributed by atoms with Gasteiger partial charge in [0.05, 0.1) is 15.2 Å². The van der Waals surface area contributed by atoms with E-state index in [1.54, 1.807) is 17.4 Å².